The molecule has 0 saturated heterocycles. The predicted octanol–water partition coefficient (Wildman–Crippen LogP) is 3.05. The van der Waals surface area contributed by atoms with Gasteiger partial charge >= 0.3 is 12.1 Å². The minimum Gasteiger partial charge on any atom is -0.481 e. The lowest BCUT2D eigenvalue weighted by Crippen LogP contribution is -2.35. The Morgan fingerprint density at radius 1 is 1.09 bits per heavy atom. The summed E-state index contributed by atoms with van der Waals surface area (Å²) in [7, 11) is 1.60. The summed E-state index contributed by atoms with van der Waals surface area (Å²) in [5, 5.41) is 18.4. The Morgan fingerprint density at radius 3 is 2.32 bits per heavy atom. The maximum atomic E-state index is 12.4. The van der Waals surface area contributed by atoms with Crippen LogP contribution in [-0.2, 0) is 23.1 Å². The van der Waals surface area contributed by atoms with Gasteiger partial charge in [0, 0.05) is 19.0 Å². The number of benzene rings is 2. The number of hydrogen-bond donors (Lipinski definition) is 3. The maximum absolute atomic E-state index is 12.4. The first kappa shape index (κ1) is 23.0. The minimum absolute atomic E-state index is 0.0314. The molecule has 1 aliphatic carbocycles. The molecule has 0 radical (unpaired) electrons. The zero-order chi connectivity index (χ0) is 24.2. The molecule has 2 amide bonds. The van der Waals surface area contributed by atoms with Crippen LogP contribution in [0.3, 0.4) is 0 Å². The molecule has 176 valence electrons. The molecule has 0 saturated carbocycles. The number of carboxylic acids is 1. The number of aliphatic carboxylic acids is 1. The van der Waals surface area contributed by atoms with Gasteiger partial charge in [-0.1, -0.05) is 48.5 Å². The van der Waals surface area contributed by atoms with Crippen LogP contribution in [-0.4, -0.2) is 45.5 Å². The maximum Gasteiger partial charge on any atom is 0.407 e. The van der Waals surface area contributed by atoms with Crippen LogP contribution in [0.15, 0.2) is 54.6 Å². The molecule has 0 bridgehead atoms. The van der Waals surface area contributed by atoms with E-state index >= 15 is 0 Å². The van der Waals surface area contributed by atoms with Gasteiger partial charge < -0.3 is 20.5 Å². The number of alkyl carbamates (subject to hydrolysis) is 1. The largest absolute Gasteiger partial charge is 0.481 e. The van der Waals surface area contributed by atoms with Crippen molar-refractivity contribution in [1.29, 1.82) is 0 Å². The van der Waals surface area contributed by atoms with E-state index in [2.05, 4.69) is 40.0 Å². The molecule has 9 nitrogen and oxygen atoms in total. The van der Waals surface area contributed by atoms with E-state index in [1.807, 2.05) is 24.3 Å². The Labute approximate surface area is 196 Å². The highest BCUT2D eigenvalue weighted by molar-refractivity contribution is 5.93. The number of hydrogen-bond acceptors (Lipinski definition) is 5. The minimum atomic E-state index is -0.995. The Bertz CT molecular complexity index is 1190. The van der Waals surface area contributed by atoms with Crippen molar-refractivity contribution in [2.45, 2.75) is 31.8 Å². The lowest BCUT2D eigenvalue weighted by atomic mass is 9.98. The second-order valence-electron chi connectivity index (χ2n) is 8.30. The molecule has 0 aliphatic heterocycles. The lowest BCUT2D eigenvalue weighted by molar-refractivity contribution is -0.137. The van der Waals surface area contributed by atoms with Crippen LogP contribution in [0.1, 0.15) is 46.6 Å². The number of carboxylic acid groups (broad SMARTS) is 1. The molecule has 9 heteroatoms. The average Bonchev–Trinajstić information content (AvgIpc) is 3.33. The van der Waals surface area contributed by atoms with Crippen molar-refractivity contribution in [3.63, 3.8) is 0 Å². The summed E-state index contributed by atoms with van der Waals surface area (Å²) in [5.74, 6) is -1.46. The standard InChI is InChI=1S/C25H26N4O5/c1-15(11-23(30)31)27-24(32)22-12-16(28-29(22)2)13-26-25(33)34-14-21-19-9-5-3-7-17(19)18-8-4-6-10-20(18)21/h3-10,12,15,21H,11,13-14H2,1-2H3,(H,26,33)(H,27,32)(H,30,31). The van der Waals surface area contributed by atoms with Gasteiger partial charge in [0.05, 0.1) is 18.7 Å². The van der Waals surface area contributed by atoms with Gasteiger partial charge in [0.2, 0.25) is 0 Å². The highest BCUT2D eigenvalue weighted by atomic mass is 16.5. The van der Waals surface area contributed by atoms with E-state index in [1.54, 1.807) is 20.0 Å². The Balaban J connectivity index is 1.33. The van der Waals surface area contributed by atoms with Gasteiger partial charge in [-0.3, -0.25) is 14.3 Å². The van der Waals surface area contributed by atoms with E-state index in [0.29, 0.717) is 5.69 Å². The van der Waals surface area contributed by atoms with Crippen LogP contribution < -0.4 is 10.6 Å². The van der Waals surface area contributed by atoms with Gasteiger partial charge in [0.25, 0.3) is 5.91 Å². The zero-order valence-electron chi connectivity index (χ0n) is 18.9. The molecule has 0 fully saturated rings. The van der Waals surface area contributed by atoms with Crippen LogP contribution in [0.4, 0.5) is 4.79 Å². The smallest absolute Gasteiger partial charge is 0.407 e. The third kappa shape index (κ3) is 4.93. The normalized spacial score (nSPS) is 13.0. The lowest BCUT2D eigenvalue weighted by Gasteiger charge is -2.14. The third-order valence-corrected chi connectivity index (χ3v) is 5.78. The number of nitrogens with one attached hydrogen (secondary N) is 2. The fourth-order valence-electron chi connectivity index (χ4n) is 4.25. The monoisotopic (exact) mass is 462 g/mol. The molecular formula is C25H26N4O5. The van der Waals surface area contributed by atoms with Crippen molar-refractivity contribution in [2.24, 2.45) is 7.05 Å². The van der Waals surface area contributed by atoms with Crippen LogP contribution in [0.2, 0.25) is 0 Å². The van der Waals surface area contributed by atoms with Gasteiger partial charge in [0.1, 0.15) is 12.3 Å². The molecular weight excluding hydrogens is 436 g/mol. The number of fused-ring (bicyclic) bond motifs is 3. The van der Waals surface area contributed by atoms with Crippen molar-refractivity contribution < 1.29 is 24.2 Å². The highest BCUT2D eigenvalue weighted by Crippen LogP contribution is 2.44. The molecule has 0 spiro atoms. The number of amides is 2. The number of aromatic nitrogens is 2. The second kappa shape index (κ2) is 9.78. The van der Waals surface area contributed by atoms with Crippen LogP contribution in [0.5, 0.6) is 0 Å². The van der Waals surface area contributed by atoms with Gasteiger partial charge in [-0.05, 0) is 35.2 Å². The fraction of sp³-hybridized carbons (Fsp3) is 0.280. The first-order valence-electron chi connectivity index (χ1n) is 11.0. The van der Waals surface area contributed by atoms with Crippen LogP contribution in [0.25, 0.3) is 11.1 Å². The van der Waals surface area contributed by atoms with Crippen molar-refractivity contribution in [2.75, 3.05) is 6.61 Å². The zero-order valence-corrected chi connectivity index (χ0v) is 18.9. The second-order valence-corrected chi connectivity index (χ2v) is 8.30. The van der Waals surface area contributed by atoms with Gasteiger partial charge in [-0.25, -0.2) is 4.79 Å². The molecule has 1 unspecified atom stereocenters. The molecule has 34 heavy (non-hydrogen) atoms. The summed E-state index contributed by atoms with van der Waals surface area (Å²) in [5.41, 5.74) is 5.32. The summed E-state index contributed by atoms with van der Waals surface area (Å²) in [6.45, 7) is 1.90. The van der Waals surface area contributed by atoms with Gasteiger partial charge in [-0.15, -0.1) is 0 Å². The number of ether oxygens (including phenoxy) is 1. The summed E-state index contributed by atoms with van der Waals surface area (Å²) < 4.78 is 6.90. The van der Waals surface area contributed by atoms with E-state index in [-0.39, 0.29) is 31.2 Å². The SMILES string of the molecule is CC(CC(=O)O)NC(=O)c1cc(CNC(=O)OCC2c3ccccc3-c3ccccc32)nn1C. The summed E-state index contributed by atoms with van der Waals surface area (Å²) in [6, 6.07) is 17.2. The van der Waals surface area contributed by atoms with Crippen molar-refractivity contribution in [3.05, 3.63) is 77.1 Å². The van der Waals surface area contributed by atoms with Gasteiger partial charge in [-0.2, -0.15) is 5.10 Å². The summed E-state index contributed by atoms with van der Waals surface area (Å²) in [4.78, 5) is 35.5. The number of carbonyl (C=O) groups excluding carboxylic acids is 2. The first-order valence-corrected chi connectivity index (χ1v) is 11.0. The van der Waals surface area contributed by atoms with Crippen molar-refractivity contribution >= 4 is 18.0 Å². The number of aryl methyl sites for hydroxylation is 1. The number of nitrogens with zero attached hydrogens (tertiary/aromatic N) is 2. The molecule has 3 N–H and O–H groups in total. The van der Waals surface area contributed by atoms with Crippen LogP contribution >= 0.6 is 0 Å². The predicted molar refractivity (Wildman–Crippen MR) is 124 cm³/mol. The quantitative estimate of drug-likeness (QED) is 0.473. The Hall–Kier alpha value is -4.14. The topological polar surface area (TPSA) is 123 Å². The molecule has 1 aliphatic rings. The molecule has 1 atom stereocenters. The summed E-state index contributed by atoms with van der Waals surface area (Å²) in [6.07, 6.45) is -0.756. The molecule has 2 aromatic carbocycles. The van der Waals surface area contributed by atoms with Crippen LogP contribution in [0, 0.1) is 0 Å². The average molecular weight is 463 g/mol. The Morgan fingerprint density at radius 2 is 1.71 bits per heavy atom. The third-order valence-electron chi connectivity index (χ3n) is 5.78. The number of rotatable bonds is 8. The van der Waals surface area contributed by atoms with Gasteiger partial charge in [0.15, 0.2) is 0 Å². The van der Waals surface area contributed by atoms with Crippen molar-refractivity contribution in [3.8, 4) is 11.1 Å². The first-order chi connectivity index (χ1) is 16.3. The molecule has 4 rings (SSSR count). The van der Waals surface area contributed by atoms with Crippen molar-refractivity contribution in [1.82, 2.24) is 20.4 Å². The fourth-order valence-corrected chi connectivity index (χ4v) is 4.25. The van der Waals surface area contributed by atoms with E-state index in [9.17, 15) is 14.4 Å². The molecule has 1 aromatic heterocycles. The summed E-state index contributed by atoms with van der Waals surface area (Å²) >= 11 is 0. The van der Waals surface area contributed by atoms with E-state index < -0.39 is 24.0 Å². The number of carbonyl (C=O) groups is 3. The highest BCUT2D eigenvalue weighted by Gasteiger charge is 2.29. The Kier molecular flexibility index (Phi) is 6.62. The van der Waals surface area contributed by atoms with E-state index in [1.165, 1.54) is 4.68 Å². The van der Waals surface area contributed by atoms with E-state index in [0.717, 1.165) is 22.3 Å². The molecule has 1 heterocycles. The molecule has 3 aromatic rings. The van der Waals surface area contributed by atoms with E-state index in [4.69, 9.17) is 9.84 Å².